The number of rotatable bonds is 3. The van der Waals surface area contributed by atoms with Crippen LogP contribution in [0.4, 0.5) is 0 Å². The van der Waals surface area contributed by atoms with Crippen LogP contribution in [0.5, 0.6) is 0 Å². The van der Waals surface area contributed by atoms with E-state index in [1.54, 1.807) is 11.0 Å². The van der Waals surface area contributed by atoms with Crippen molar-refractivity contribution in [2.45, 2.75) is 45.1 Å². The van der Waals surface area contributed by atoms with E-state index in [1.165, 1.54) is 6.33 Å². The van der Waals surface area contributed by atoms with Crippen molar-refractivity contribution in [3.63, 3.8) is 0 Å². The van der Waals surface area contributed by atoms with Crippen LogP contribution in [-0.2, 0) is 10.3 Å². The van der Waals surface area contributed by atoms with Gasteiger partial charge in [0.2, 0.25) is 5.91 Å². The molecule has 0 radical (unpaired) electrons. The first-order valence-corrected chi connectivity index (χ1v) is 7.64. The van der Waals surface area contributed by atoms with Crippen molar-refractivity contribution < 1.29 is 4.79 Å². The Morgan fingerprint density at radius 3 is 2.91 bits per heavy atom. The van der Waals surface area contributed by atoms with Crippen LogP contribution in [0.2, 0.25) is 0 Å². The number of carbonyl (C=O) groups excluding carboxylic acids is 1. The molecule has 0 spiro atoms. The molecular weight excluding hydrogens is 280 g/mol. The number of nitrogens with one attached hydrogen (secondary N) is 1. The molecule has 1 saturated heterocycles. The van der Waals surface area contributed by atoms with Gasteiger partial charge in [0.1, 0.15) is 18.2 Å². The van der Waals surface area contributed by atoms with Crippen molar-refractivity contribution in [3.05, 3.63) is 30.1 Å². The molecule has 3 heterocycles. The van der Waals surface area contributed by atoms with Gasteiger partial charge >= 0.3 is 0 Å². The number of amides is 1. The summed E-state index contributed by atoms with van der Waals surface area (Å²) in [6.07, 6.45) is 6.98. The third kappa shape index (κ3) is 2.51. The lowest BCUT2D eigenvalue weighted by molar-refractivity contribution is -0.141. The van der Waals surface area contributed by atoms with Gasteiger partial charge in [-0.1, -0.05) is 0 Å². The number of piperidine rings is 1. The molecule has 0 bridgehead atoms. The molecule has 1 aliphatic rings. The molecule has 3 rings (SSSR count). The van der Waals surface area contributed by atoms with Crippen molar-refractivity contribution in [1.82, 2.24) is 29.9 Å². The molecule has 1 aliphatic heterocycles. The minimum atomic E-state index is -0.721. The normalized spacial score (nSPS) is 19.4. The van der Waals surface area contributed by atoms with Crippen molar-refractivity contribution in [2.75, 3.05) is 13.1 Å². The summed E-state index contributed by atoms with van der Waals surface area (Å²) in [5, 5.41) is 11.3. The van der Waals surface area contributed by atoms with Crippen LogP contribution in [-0.4, -0.2) is 48.9 Å². The maximum atomic E-state index is 12.9. The van der Waals surface area contributed by atoms with Crippen molar-refractivity contribution in [3.8, 4) is 0 Å². The monoisotopic (exact) mass is 302 g/mol. The van der Waals surface area contributed by atoms with Crippen molar-refractivity contribution in [2.24, 2.45) is 0 Å². The Hall–Kier alpha value is -2.18. The Kier molecular flexibility index (Phi) is 3.72. The summed E-state index contributed by atoms with van der Waals surface area (Å²) in [6, 6.07) is 0. The van der Waals surface area contributed by atoms with E-state index < -0.39 is 5.54 Å². The molecular formula is C15H22N6O. The van der Waals surface area contributed by atoms with Gasteiger partial charge in [0.25, 0.3) is 0 Å². The largest absolute Gasteiger partial charge is 0.340 e. The van der Waals surface area contributed by atoms with Gasteiger partial charge in [-0.2, -0.15) is 10.2 Å². The highest BCUT2D eigenvalue weighted by Crippen LogP contribution is 2.29. The number of aromatic nitrogens is 5. The number of likely N-dealkylation sites (tertiary alicyclic amines) is 1. The Bertz CT molecular complexity index is 645. The second kappa shape index (κ2) is 5.55. The predicted molar refractivity (Wildman–Crippen MR) is 81.2 cm³/mol. The molecule has 1 fully saturated rings. The summed E-state index contributed by atoms with van der Waals surface area (Å²) < 4.78 is 1.63. The smallest absolute Gasteiger partial charge is 0.250 e. The van der Waals surface area contributed by atoms with Crippen LogP contribution >= 0.6 is 0 Å². The molecule has 1 N–H and O–H groups in total. The second-order valence-corrected chi connectivity index (χ2v) is 6.46. The lowest BCUT2D eigenvalue weighted by atomic mass is 9.91. The summed E-state index contributed by atoms with van der Waals surface area (Å²) in [4.78, 5) is 18.8. The third-order valence-corrected chi connectivity index (χ3v) is 4.50. The van der Waals surface area contributed by atoms with E-state index in [0.29, 0.717) is 5.92 Å². The molecule has 0 saturated carbocycles. The highest BCUT2D eigenvalue weighted by Gasteiger charge is 2.37. The predicted octanol–water partition coefficient (Wildman–Crippen LogP) is 1.45. The maximum Gasteiger partial charge on any atom is 0.250 e. The molecule has 1 unspecified atom stereocenters. The lowest BCUT2D eigenvalue weighted by Gasteiger charge is -2.37. The highest BCUT2D eigenvalue weighted by atomic mass is 16.2. The van der Waals surface area contributed by atoms with E-state index >= 15 is 0 Å². The minimum absolute atomic E-state index is 0.0832. The molecule has 7 nitrogen and oxygen atoms in total. The van der Waals surface area contributed by atoms with E-state index in [0.717, 1.165) is 37.2 Å². The van der Waals surface area contributed by atoms with Gasteiger partial charge in [-0.25, -0.2) is 9.67 Å². The average Bonchev–Trinajstić information content (AvgIpc) is 3.18. The first-order chi connectivity index (χ1) is 10.5. The second-order valence-electron chi connectivity index (χ2n) is 6.46. The fourth-order valence-corrected chi connectivity index (χ4v) is 3.15. The Labute approximate surface area is 129 Å². The first-order valence-electron chi connectivity index (χ1n) is 7.64. The average molecular weight is 302 g/mol. The van der Waals surface area contributed by atoms with Gasteiger partial charge in [-0.3, -0.25) is 9.89 Å². The van der Waals surface area contributed by atoms with E-state index in [2.05, 4.69) is 27.2 Å². The van der Waals surface area contributed by atoms with Crippen LogP contribution in [0.25, 0.3) is 0 Å². The highest BCUT2D eigenvalue weighted by molar-refractivity contribution is 5.83. The van der Waals surface area contributed by atoms with Gasteiger partial charge in [0.15, 0.2) is 0 Å². The number of hydrogen-bond acceptors (Lipinski definition) is 4. The summed E-state index contributed by atoms with van der Waals surface area (Å²) in [6.45, 7) is 7.34. The number of aromatic amines is 1. The van der Waals surface area contributed by atoms with Crippen LogP contribution in [0, 0.1) is 6.92 Å². The van der Waals surface area contributed by atoms with E-state index in [-0.39, 0.29) is 5.91 Å². The Balaban J connectivity index is 1.77. The molecule has 7 heteroatoms. The molecule has 1 amide bonds. The van der Waals surface area contributed by atoms with Gasteiger partial charge < -0.3 is 4.90 Å². The summed E-state index contributed by atoms with van der Waals surface area (Å²) in [7, 11) is 0. The number of hydrogen-bond donors (Lipinski definition) is 1. The molecule has 118 valence electrons. The quantitative estimate of drug-likeness (QED) is 0.930. The van der Waals surface area contributed by atoms with Crippen LogP contribution in [0.15, 0.2) is 18.9 Å². The minimum Gasteiger partial charge on any atom is -0.340 e. The zero-order valence-electron chi connectivity index (χ0n) is 13.3. The van der Waals surface area contributed by atoms with Crippen molar-refractivity contribution in [1.29, 1.82) is 0 Å². The van der Waals surface area contributed by atoms with Gasteiger partial charge in [-0.05, 0) is 39.2 Å². The number of nitrogens with zero attached hydrogens (tertiary/aromatic N) is 5. The maximum absolute atomic E-state index is 12.9. The summed E-state index contributed by atoms with van der Waals surface area (Å²) in [5.74, 6) is 0.409. The fraction of sp³-hybridized carbons (Fsp3) is 0.600. The van der Waals surface area contributed by atoms with Crippen LogP contribution < -0.4 is 0 Å². The van der Waals surface area contributed by atoms with Gasteiger partial charge in [0, 0.05) is 24.7 Å². The van der Waals surface area contributed by atoms with E-state index in [4.69, 9.17) is 0 Å². The van der Waals surface area contributed by atoms with Crippen LogP contribution in [0.3, 0.4) is 0 Å². The molecule has 2 aromatic heterocycles. The van der Waals surface area contributed by atoms with E-state index in [1.807, 2.05) is 24.9 Å². The summed E-state index contributed by atoms with van der Waals surface area (Å²) >= 11 is 0. The fourth-order valence-electron chi connectivity index (χ4n) is 3.15. The number of H-pyrrole nitrogens is 1. The Morgan fingerprint density at radius 1 is 1.45 bits per heavy atom. The third-order valence-electron chi connectivity index (χ3n) is 4.50. The molecule has 22 heavy (non-hydrogen) atoms. The number of carbonyl (C=O) groups is 1. The standard InChI is InChI=1S/C15H22N6O/c1-11-7-17-19-13(11)12-5-4-6-20(8-12)14(22)15(2,3)21-10-16-9-18-21/h7,9-10,12H,4-6,8H2,1-3H3,(H,17,19). The topological polar surface area (TPSA) is 79.7 Å². The lowest BCUT2D eigenvalue weighted by Crippen LogP contribution is -2.50. The van der Waals surface area contributed by atoms with Crippen LogP contribution in [0.1, 0.15) is 43.9 Å². The first kappa shape index (κ1) is 14.7. The Morgan fingerprint density at radius 2 is 2.27 bits per heavy atom. The summed E-state index contributed by atoms with van der Waals surface area (Å²) in [5.41, 5.74) is 1.59. The molecule has 0 aliphatic carbocycles. The molecule has 1 atom stereocenters. The van der Waals surface area contributed by atoms with Gasteiger partial charge in [-0.15, -0.1) is 0 Å². The van der Waals surface area contributed by atoms with Crippen molar-refractivity contribution >= 4 is 5.91 Å². The van der Waals surface area contributed by atoms with E-state index in [9.17, 15) is 4.79 Å². The SMILES string of the molecule is Cc1cn[nH]c1C1CCCN(C(=O)C(C)(C)n2cncn2)C1. The van der Waals surface area contributed by atoms with Gasteiger partial charge in [0.05, 0.1) is 6.20 Å². The molecule has 0 aromatic carbocycles. The zero-order valence-corrected chi connectivity index (χ0v) is 13.3. The molecule has 2 aromatic rings. The number of aryl methyl sites for hydroxylation is 1. The zero-order chi connectivity index (χ0) is 15.7.